The lowest BCUT2D eigenvalue weighted by Crippen LogP contribution is -2.07. The number of anilines is 3. The maximum atomic E-state index is 4.87. The van der Waals surface area contributed by atoms with Gasteiger partial charge < -0.3 is 10.6 Å². The van der Waals surface area contributed by atoms with E-state index in [4.69, 9.17) is 4.98 Å². The van der Waals surface area contributed by atoms with Gasteiger partial charge in [-0.1, -0.05) is 12.2 Å². The minimum atomic E-state index is 0.577. The van der Waals surface area contributed by atoms with Gasteiger partial charge in [-0.3, -0.25) is 9.97 Å². The SMILES string of the molecule is C1=Cc2c(CNc3ncc4c(n3)-c3cccnc3Nc3cnccc3-4)ccnc2C1. The standard InChI is InChI=1S/C23H17N7/c1-3-15-14(6-10-25-19(15)5-1)11-27-23-28-12-18-16-7-9-24-13-20(16)29-22-17(21(18)30-23)4-2-8-26-22/h1-4,6-10,12-13H,5,11H2,(H,26,29)(H,27,28,30). The summed E-state index contributed by atoms with van der Waals surface area (Å²) in [5.41, 5.74) is 8.11. The lowest BCUT2D eigenvalue weighted by Gasteiger charge is -2.12. The first-order chi connectivity index (χ1) is 14.9. The molecule has 2 N–H and O–H groups in total. The Hall–Kier alpha value is -4.13. The quantitative estimate of drug-likeness (QED) is 0.476. The van der Waals surface area contributed by atoms with E-state index in [1.54, 1.807) is 18.6 Å². The van der Waals surface area contributed by atoms with Gasteiger partial charge in [0.25, 0.3) is 0 Å². The van der Waals surface area contributed by atoms with Crippen molar-refractivity contribution in [2.45, 2.75) is 13.0 Å². The van der Waals surface area contributed by atoms with Gasteiger partial charge in [0.05, 0.1) is 23.3 Å². The van der Waals surface area contributed by atoms with Crippen LogP contribution in [0.2, 0.25) is 0 Å². The fraction of sp³-hybridized carbons (Fsp3) is 0.0870. The predicted octanol–water partition coefficient (Wildman–Crippen LogP) is 4.23. The molecule has 144 valence electrons. The molecule has 0 bridgehead atoms. The smallest absolute Gasteiger partial charge is 0.223 e. The molecular formula is C23H17N7. The Morgan fingerprint density at radius 3 is 2.93 bits per heavy atom. The van der Waals surface area contributed by atoms with Crippen LogP contribution in [0.3, 0.4) is 0 Å². The Morgan fingerprint density at radius 2 is 1.93 bits per heavy atom. The van der Waals surface area contributed by atoms with Crippen molar-refractivity contribution in [2.24, 2.45) is 0 Å². The second-order valence-electron chi connectivity index (χ2n) is 7.19. The van der Waals surface area contributed by atoms with Crippen LogP contribution in [0, 0.1) is 0 Å². The van der Waals surface area contributed by atoms with E-state index in [2.05, 4.69) is 42.7 Å². The zero-order chi connectivity index (χ0) is 19.9. The highest BCUT2D eigenvalue weighted by Gasteiger charge is 2.22. The normalized spacial score (nSPS) is 12.8. The fourth-order valence-electron chi connectivity index (χ4n) is 3.97. The predicted molar refractivity (Wildman–Crippen MR) is 116 cm³/mol. The molecule has 1 aliphatic heterocycles. The largest absolute Gasteiger partial charge is 0.350 e. The first-order valence-corrected chi connectivity index (χ1v) is 9.78. The van der Waals surface area contributed by atoms with E-state index < -0.39 is 0 Å². The second kappa shape index (κ2) is 6.73. The third-order valence-corrected chi connectivity index (χ3v) is 5.41. The van der Waals surface area contributed by atoms with Crippen molar-refractivity contribution in [3.63, 3.8) is 0 Å². The monoisotopic (exact) mass is 391 g/mol. The van der Waals surface area contributed by atoms with Crippen molar-refractivity contribution in [3.8, 4) is 22.4 Å². The average Bonchev–Trinajstić information content (AvgIpc) is 3.23. The van der Waals surface area contributed by atoms with Gasteiger partial charge in [0, 0.05) is 60.0 Å². The molecule has 7 heteroatoms. The minimum Gasteiger partial charge on any atom is -0.350 e. The highest BCUT2D eigenvalue weighted by atomic mass is 15.1. The summed E-state index contributed by atoms with van der Waals surface area (Å²) in [5, 5.41) is 6.76. The van der Waals surface area contributed by atoms with Gasteiger partial charge in [0.15, 0.2) is 0 Å². The average molecular weight is 391 g/mol. The van der Waals surface area contributed by atoms with Crippen LogP contribution in [0.25, 0.3) is 28.5 Å². The van der Waals surface area contributed by atoms with E-state index >= 15 is 0 Å². The van der Waals surface area contributed by atoms with Crippen LogP contribution in [-0.2, 0) is 13.0 Å². The summed E-state index contributed by atoms with van der Waals surface area (Å²) in [5.74, 6) is 1.33. The minimum absolute atomic E-state index is 0.577. The number of hydrogen-bond donors (Lipinski definition) is 2. The molecule has 0 amide bonds. The van der Waals surface area contributed by atoms with Gasteiger partial charge in [-0.2, -0.15) is 0 Å². The van der Waals surface area contributed by atoms with Gasteiger partial charge in [-0.05, 0) is 29.8 Å². The Kier molecular flexibility index (Phi) is 3.77. The summed E-state index contributed by atoms with van der Waals surface area (Å²) in [6, 6.07) is 7.94. The topological polar surface area (TPSA) is 88.5 Å². The molecule has 0 atom stereocenters. The summed E-state index contributed by atoms with van der Waals surface area (Å²) in [6.07, 6.45) is 14.2. The number of fused-ring (bicyclic) bond motifs is 6. The Balaban J connectivity index is 1.41. The molecular weight excluding hydrogens is 374 g/mol. The van der Waals surface area contributed by atoms with E-state index in [1.165, 1.54) is 11.1 Å². The Bertz CT molecular complexity index is 1310. The molecule has 7 nitrogen and oxygen atoms in total. The summed E-state index contributed by atoms with van der Waals surface area (Å²) in [4.78, 5) is 22.7. The van der Waals surface area contributed by atoms with E-state index in [-0.39, 0.29) is 0 Å². The molecule has 5 heterocycles. The molecule has 1 aliphatic carbocycles. The molecule has 0 saturated carbocycles. The molecule has 0 fully saturated rings. The summed E-state index contributed by atoms with van der Waals surface area (Å²) in [7, 11) is 0. The lowest BCUT2D eigenvalue weighted by atomic mass is 10.0. The fourth-order valence-corrected chi connectivity index (χ4v) is 3.97. The molecule has 4 aromatic rings. The van der Waals surface area contributed by atoms with Crippen molar-refractivity contribution in [1.29, 1.82) is 0 Å². The number of pyridine rings is 3. The Labute approximate surface area is 173 Å². The summed E-state index contributed by atoms with van der Waals surface area (Å²) in [6.45, 7) is 0.632. The number of aromatic nitrogens is 5. The van der Waals surface area contributed by atoms with Gasteiger partial charge >= 0.3 is 0 Å². The van der Waals surface area contributed by atoms with Crippen LogP contribution in [0.4, 0.5) is 17.5 Å². The summed E-state index contributed by atoms with van der Waals surface area (Å²) < 4.78 is 0. The van der Waals surface area contributed by atoms with Crippen molar-refractivity contribution < 1.29 is 0 Å². The van der Waals surface area contributed by atoms with E-state index in [0.717, 1.165) is 46.0 Å². The highest BCUT2D eigenvalue weighted by Crippen LogP contribution is 2.41. The maximum absolute atomic E-state index is 4.87. The zero-order valence-electron chi connectivity index (χ0n) is 16.0. The second-order valence-corrected chi connectivity index (χ2v) is 7.19. The van der Waals surface area contributed by atoms with Crippen molar-refractivity contribution in [3.05, 3.63) is 78.1 Å². The van der Waals surface area contributed by atoms with Gasteiger partial charge in [-0.15, -0.1) is 0 Å². The molecule has 2 aliphatic rings. The molecule has 0 spiro atoms. The van der Waals surface area contributed by atoms with Gasteiger partial charge in [0.1, 0.15) is 5.82 Å². The van der Waals surface area contributed by atoms with E-state index in [9.17, 15) is 0 Å². The summed E-state index contributed by atoms with van der Waals surface area (Å²) >= 11 is 0. The molecule has 0 radical (unpaired) electrons. The number of hydrogen-bond acceptors (Lipinski definition) is 7. The molecule has 30 heavy (non-hydrogen) atoms. The van der Waals surface area contributed by atoms with Gasteiger partial charge in [-0.25, -0.2) is 15.0 Å². The van der Waals surface area contributed by atoms with Crippen LogP contribution in [0.5, 0.6) is 0 Å². The molecule has 4 aromatic heterocycles. The van der Waals surface area contributed by atoms with E-state index in [1.807, 2.05) is 36.7 Å². The third kappa shape index (κ3) is 2.71. The van der Waals surface area contributed by atoms with Crippen LogP contribution in [-0.4, -0.2) is 24.9 Å². The molecule has 0 unspecified atom stereocenters. The maximum Gasteiger partial charge on any atom is 0.223 e. The number of allylic oxidation sites excluding steroid dienone is 1. The third-order valence-electron chi connectivity index (χ3n) is 5.41. The van der Waals surface area contributed by atoms with Crippen molar-refractivity contribution in [2.75, 3.05) is 10.6 Å². The molecule has 6 rings (SSSR count). The van der Waals surface area contributed by atoms with Crippen LogP contribution >= 0.6 is 0 Å². The molecule has 0 saturated heterocycles. The van der Waals surface area contributed by atoms with Crippen LogP contribution in [0.1, 0.15) is 16.8 Å². The van der Waals surface area contributed by atoms with Gasteiger partial charge in [0.2, 0.25) is 5.95 Å². The van der Waals surface area contributed by atoms with Crippen LogP contribution < -0.4 is 10.6 Å². The van der Waals surface area contributed by atoms with Crippen molar-refractivity contribution >= 4 is 23.5 Å². The highest BCUT2D eigenvalue weighted by molar-refractivity contribution is 5.95. The van der Waals surface area contributed by atoms with Crippen LogP contribution in [0.15, 0.2) is 61.3 Å². The first-order valence-electron chi connectivity index (χ1n) is 9.78. The molecule has 0 aromatic carbocycles. The zero-order valence-corrected chi connectivity index (χ0v) is 16.0. The number of nitrogens with zero attached hydrogens (tertiary/aromatic N) is 5. The lowest BCUT2D eigenvalue weighted by molar-refractivity contribution is 1.03. The van der Waals surface area contributed by atoms with Crippen molar-refractivity contribution in [1.82, 2.24) is 24.9 Å². The number of nitrogens with one attached hydrogen (secondary N) is 2. The Morgan fingerprint density at radius 1 is 0.933 bits per heavy atom. The van der Waals surface area contributed by atoms with E-state index in [0.29, 0.717) is 12.5 Å². The first kappa shape index (κ1) is 16.8. The number of rotatable bonds is 3.